The summed E-state index contributed by atoms with van der Waals surface area (Å²) in [5.74, 6) is -2.79. The van der Waals surface area contributed by atoms with Crippen LogP contribution in [0.25, 0.3) is 0 Å². The molecule has 0 amide bonds. The van der Waals surface area contributed by atoms with Crippen molar-refractivity contribution in [1.29, 1.82) is 0 Å². The fourth-order valence-corrected chi connectivity index (χ4v) is 3.14. The Morgan fingerprint density at radius 1 is 1.13 bits per heavy atom. The Bertz CT molecular complexity index is 896. The van der Waals surface area contributed by atoms with Crippen LogP contribution in [0.5, 0.6) is 5.75 Å². The average molecular weight is 343 g/mol. The third-order valence-corrected chi connectivity index (χ3v) is 4.54. The minimum Gasteiger partial charge on any atom is -0.376 e. The van der Waals surface area contributed by atoms with Gasteiger partial charge in [-0.15, -0.1) is 0 Å². The zero-order valence-electron chi connectivity index (χ0n) is 12.0. The highest BCUT2D eigenvalue weighted by atomic mass is 32.2. The van der Waals surface area contributed by atoms with Gasteiger partial charge in [0.1, 0.15) is 10.7 Å². The van der Waals surface area contributed by atoms with Gasteiger partial charge in [0.05, 0.1) is 4.92 Å². The predicted octanol–water partition coefficient (Wildman–Crippen LogP) is 3.26. The summed E-state index contributed by atoms with van der Waals surface area (Å²) in [5, 5.41) is 10.9. The number of hydrogen-bond acceptors (Lipinski definition) is 5. The Morgan fingerprint density at radius 2 is 1.78 bits per heavy atom. The molecule has 0 atom stereocenters. The van der Waals surface area contributed by atoms with Crippen LogP contribution in [-0.4, -0.2) is 13.3 Å². The third-order valence-electron chi connectivity index (χ3n) is 3.18. The van der Waals surface area contributed by atoms with Crippen LogP contribution in [0, 0.1) is 35.6 Å². The van der Waals surface area contributed by atoms with Gasteiger partial charge in [0.25, 0.3) is 5.69 Å². The van der Waals surface area contributed by atoms with Gasteiger partial charge in [-0.05, 0) is 37.1 Å². The van der Waals surface area contributed by atoms with Gasteiger partial charge in [0, 0.05) is 18.2 Å². The molecule has 0 bridgehead atoms. The van der Waals surface area contributed by atoms with Crippen molar-refractivity contribution >= 4 is 15.8 Å². The van der Waals surface area contributed by atoms with E-state index < -0.39 is 43.0 Å². The van der Waals surface area contributed by atoms with Crippen molar-refractivity contribution in [2.45, 2.75) is 18.7 Å². The minimum atomic E-state index is -4.52. The molecule has 0 heterocycles. The number of hydrogen-bond donors (Lipinski definition) is 0. The van der Waals surface area contributed by atoms with Crippen molar-refractivity contribution in [1.82, 2.24) is 0 Å². The fourth-order valence-electron chi connectivity index (χ4n) is 1.88. The van der Waals surface area contributed by atoms with Crippen LogP contribution in [0.3, 0.4) is 0 Å². The van der Waals surface area contributed by atoms with E-state index in [0.29, 0.717) is 11.6 Å². The van der Waals surface area contributed by atoms with Gasteiger partial charge in [-0.3, -0.25) is 10.1 Å². The fraction of sp³-hybridized carbons (Fsp3) is 0.143. The first kappa shape index (κ1) is 16.8. The first-order chi connectivity index (χ1) is 10.6. The molecule has 0 N–H and O–H groups in total. The van der Waals surface area contributed by atoms with Crippen molar-refractivity contribution in [3.63, 3.8) is 0 Å². The molecule has 0 aromatic heterocycles. The summed E-state index contributed by atoms with van der Waals surface area (Å²) < 4.78 is 55.6. The molecule has 0 saturated carbocycles. The maximum absolute atomic E-state index is 13.5. The van der Waals surface area contributed by atoms with Gasteiger partial charge in [0.15, 0.2) is 11.6 Å². The average Bonchev–Trinajstić information content (AvgIpc) is 2.44. The molecule has 2 rings (SSSR count). The van der Waals surface area contributed by atoms with Gasteiger partial charge in [0.2, 0.25) is 0 Å². The maximum Gasteiger partial charge on any atom is 0.339 e. The lowest BCUT2D eigenvalue weighted by atomic mass is 10.1. The largest absolute Gasteiger partial charge is 0.376 e. The Labute approximate surface area is 130 Å². The van der Waals surface area contributed by atoms with Crippen molar-refractivity contribution in [2.24, 2.45) is 0 Å². The number of benzene rings is 2. The number of aryl methyl sites for hydroxylation is 1. The van der Waals surface area contributed by atoms with Gasteiger partial charge in [-0.2, -0.15) is 8.42 Å². The van der Waals surface area contributed by atoms with Gasteiger partial charge in [-0.25, -0.2) is 8.78 Å². The highest BCUT2D eigenvalue weighted by molar-refractivity contribution is 7.87. The Hall–Kier alpha value is -2.55. The molecule has 2 aromatic carbocycles. The van der Waals surface area contributed by atoms with E-state index in [1.165, 1.54) is 19.9 Å². The second-order valence-electron chi connectivity index (χ2n) is 4.76. The molecule has 0 aliphatic rings. The lowest BCUT2D eigenvalue weighted by Crippen LogP contribution is -2.13. The molecule has 122 valence electrons. The normalized spacial score (nSPS) is 11.3. The molecule has 0 spiro atoms. The lowest BCUT2D eigenvalue weighted by molar-refractivity contribution is -0.385. The van der Waals surface area contributed by atoms with E-state index in [2.05, 4.69) is 4.18 Å². The summed E-state index contributed by atoms with van der Waals surface area (Å²) in [6.07, 6.45) is 0. The first-order valence-corrected chi connectivity index (χ1v) is 7.68. The number of rotatable bonds is 4. The molecule has 0 saturated heterocycles. The van der Waals surface area contributed by atoms with E-state index in [9.17, 15) is 27.3 Å². The third kappa shape index (κ3) is 3.45. The number of nitro groups is 1. The SMILES string of the molecule is Cc1cc([N+](=O)[O-])cc(S(=O)(=O)Oc2ccc(F)cc2F)c1C. The Morgan fingerprint density at radius 3 is 2.35 bits per heavy atom. The Balaban J connectivity index is 2.53. The second-order valence-corrected chi connectivity index (χ2v) is 6.27. The quantitative estimate of drug-likeness (QED) is 0.483. The van der Waals surface area contributed by atoms with Crippen molar-refractivity contribution in [2.75, 3.05) is 0 Å². The van der Waals surface area contributed by atoms with Crippen LogP contribution in [0.4, 0.5) is 14.5 Å². The van der Waals surface area contributed by atoms with Crippen LogP contribution in [-0.2, 0) is 10.1 Å². The molecule has 9 heteroatoms. The van der Waals surface area contributed by atoms with Gasteiger partial charge < -0.3 is 4.18 Å². The van der Waals surface area contributed by atoms with E-state index in [-0.39, 0.29) is 5.56 Å². The molecule has 2 aromatic rings. The summed E-state index contributed by atoms with van der Waals surface area (Å²) >= 11 is 0. The smallest absolute Gasteiger partial charge is 0.339 e. The molecule has 23 heavy (non-hydrogen) atoms. The van der Waals surface area contributed by atoms with Gasteiger partial charge in [-0.1, -0.05) is 0 Å². The van der Waals surface area contributed by atoms with E-state index in [0.717, 1.165) is 18.2 Å². The number of nitro benzene ring substituents is 1. The lowest BCUT2D eigenvalue weighted by Gasteiger charge is -2.11. The van der Waals surface area contributed by atoms with Crippen LogP contribution >= 0.6 is 0 Å². The van der Waals surface area contributed by atoms with E-state index in [1.807, 2.05) is 0 Å². The standard InChI is InChI=1S/C14H11F2NO5S/c1-8-5-11(17(18)19)7-14(9(8)2)23(20,21)22-13-4-3-10(15)6-12(13)16/h3-7H,1-2H3. The molecule has 0 radical (unpaired) electrons. The van der Waals surface area contributed by atoms with Gasteiger partial charge >= 0.3 is 10.1 Å². The zero-order chi connectivity index (χ0) is 17.4. The van der Waals surface area contributed by atoms with Crippen molar-refractivity contribution in [3.8, 4) is 5.75 Å². The number of nitrogens with zero attached hydrogens (tertiary/aromatic N) is 1. The molecule has 0 aliphatic carbocycles. The zero-order valence-corrected chi connectivity index (χ0v) is 12.9. The summed E-state index contributed by atoms with van der Waals surface area (Å²) in [7, 11) is -4.52. The van der Waals surface area contributed by atoms with Crippen molar-refractivity contribution < 1.29 is 26.3 Å². The van der Waals surface area contributed by atoms with Crippen molar-refractivity contribution in [3.05, 3.63) is 63.2 Å². The minimum absolute atomic E-state index is 0.234. The van der Waals surface area contributed by atoms with E-state index >= 15 is 0 Å². The number of halogens is 2. The Kier molecular flexibility index (Phi) is 4.33. The van der Waals surface area contributed by atoms with E-state index in [1.54, 1.807) is 0 Å². The molecule has 0 aliphatic heterocycles. The summed E-state index contributed by atoms with van der Waals surface area (Å²) in [6.45, 7) is 2.94. The summed E-state index contributed by atoms with van der Waals surface area (Å²) in [6, 6.07) is 4.17. The molecular formula is C14H11F2NO5S. The van der Waals surface area contributed by atoms with Crippen LogP contribution in [0.1, 0.15) is 11.1 Å². The van der Waals surface area contributed by atoms with Crippen LogP contribution < -0.4 is 4.18 Å². The molecule has 0 fully saturated rings. The molecule has 0 unspecified atom stereocenters. The number of non-ortho nitro benzene ring substituents is 1. The van der Waals surface area contributed by atoms with E-state index in [4.69, 9.17) is 0 Å². The summed E-state index contributed by atoms with van der Waals surface area (Å²) in [4.78, 5) is 9.66. The second kappa shape index (κ2) is 5.92. The monoisotopic (exact) mass is 343 g/mol. The highest BCUT2D eigenvalue weighted by Gasteiger charge is 2.25. The van der Waals surface area contributed by atoms with Crippen LogP contribution in [0.2, 0.25) is 0 Å². The first-order valence-electron chi connectivity index (χ1n) is 6.27. The maximum atomic E-state index is 13.5. The highest BCUT2D eigenvalue weighted by Crippen LogP contribution is 2.29. The molecule has 6 nitrogen and oxygen atoms in total. The molecular weight excluding hydrogens is 332 g/mol. The topological polar surface area (TPSA) is 86.5 Å². The summed E-state index contributed by atoms with van der Waals surface area (Å²) in [5.41, 5.74) is 0.161. The predicted molar refractivity (Wildman–Crippen MR) is 76.7 cm³/mol. The van der Waals surface area contributed by atoms with Crippen LogP contribution in [0.15, 0.2) is 35.2 Å².